The first-order valence-corrected chi connectivity index (χ1v) is 9.38. The summed E-state index contributed by atoms with van der Waals surface area (Å²) in [5.74, 6) is -0.444. The molecule has 0 amide bonds. The Balaban J connectivity index is 1.75. The topological polar surface area (TPSA) is 78.3 Å². The molecule has 6 nitrogen and oxygen atoms in total. The van der Waals surface area contributed by atoms with E-state index in [4.69, 9.17) is 4.18 Å². The number of hydrogen-bond donors (Lipinski definition) is 0. The fourth-order valence-corrected chi connectivity index (χ4v) is 3.36. The monoisotopic (exact) mass is 370 g/mol. The Labute approximate surface area is 152 Å². The summed E-state index contributed by atoms with van der Waals surface area (Å²) in [7, 11) is -3.99. The largest absolute Gasteiger partial charge is 0.297 e. The Morgan fingerprint density at radius 2 is 1.69 bits per heavy atom. The molecule has 0 N–H and O–H groups in total. The molecule has 0 spiro atoms. The molecule has 0 bridgehead atoms. The van der Waals surface area contributed by atoms with E-state index in [0.717, 1.165) is 11.3 Å². The van der Waals surface area contributed by atoms with Gasteiger partial charge in [0, 0.05) is 0 Å². The van der Waals surface area contributed by atoms with E-state index in [0.29, 0.717) is 11.3 Å². The molecule has 2 aromatic carbocycles. The van der Waals surface area contributed by atoms with Crippen LogP contribution >= 0.6 is 0 Å². The minimum Gasteiger partial charge on any atom is -0.291 e. The molecule has 3 rings (SSSR count). The van der Waals surface area contributed by atoms with Crippen molar-refractivity contribution in [3.8, 4) is 5.69 Å². The van der Waals surface area contributed by atoms with Crippen LogP contribution in [0, 0.1) is 13.8 Å². The van der Waals surface area contributed by atoms with E-state index in [9.17, 15) is 13.2 Å². The second kappa shape index (κ2) is 7.23. The molecule has 0 saturated carbocycles. The van der Waals surface area contributed by atoms with Gasteiger partial charge in [0.25, 0.3) is 10.1 Å². The molecule has 0 atom stereocenters. The molecule has 7 heteroatoms. The number of carbonyl (C=O) groups is 1. The third-order valence-electron chi connectivity index (χ3n) is 3.97. The number of hydrogen-bond acceptors (Lipinski definition) is 5. The number of para-hydroxylation sites is 1. The Morgan fingerprint density at radius 3 is 2.35 bits per heavy atom. The fraction of sp³-hybridized carbons (Fsp3) is 0.158. The van der Waals surface area contributed by atoms with Crippen LogP contribution in [0.4, 0.5) is 0 Å². The number of ketones is 1. The number of aromatic nitrogens is 2. The van der Waals surface area contributed by atoms with E-state index in [-0.39, 0.29) is 4.90 Å². The Hall–Kier alpha value is -2.77. The van der Waals surface area contributed by atoms with Gasteiger partial charge in [-0.25, -0.2) is 4.68 Å². The van der Waals surface area contributed by atoms with Crippen molar-refractivity contribution < 1.29 is 17.4 Å². The van der Waals surface area contributed by atoms with Crippen LogP contribution in [-0.2, 0) is 14.3 Å². The zero-order valence-corrected chi connectivity index (χ0v) is 15.2. The van der Waals surface area contributed by atoms with Crippen LogP contribution in [0.1, 0.15) is 21.6 Å². The molecule has 3 aromatic rings. The molecule has 0 saturated heterocycles. The number of Topliss-reactive ketones (excluding diaryl/α,β-unsaturated/α-hetero) is 1. The van der Waals surface area contributed by atoms with Crippen molar-refractivity contribution in [1.29, 1.82) is 0 Å². The van der Waals surface area contributed by atoms with E-state index < -0.39 is 22.5 Å². The molecule has 26 heavy (non-hydrogen) atoms. The smallest absolute Gasteiger partial charge is 0.291 e. The van der Waals surface area contributed by atoms with Crippen molar-refractivity contribution >= 4 is 15.9 Å². The highest BCUT2D eigenvalue weighted by atomic mass is 32.2. The van der Waals surface area contributed by atoms with Gasteiger partial charge in [-0.3, -0.25) is 8.98 Å². The van der Waals surface area contributed by atoms with Gasteiger partial charge < -0.3 is 0 Å². The van der Waals surface area contributed by atoms with E-state index in [1.54, 1.807) is 23.7 Å². The Kier molecular flexibility index (Phi) is 5.01. The first-order valence-electron chi connectivity index (χ1n) is 7.98. The molecule has 0 fully saturated rings. The minimum absolute atomic E-state index is 0.0209. The average Bonchev–Trinajstić information content (AvgIpc) is 3.02. The fourth-order valence-electron chi connectivity index (χ4n) is 2.49. The number of aryl methyl sites for hydroxylation is 1. The van der Waals surface area contributed by atoms with Crippen LogP contribution in [0.15, 0.2) is 65.7 Å². The normalized spacial score (nSPS) is 11.5. The lowest BCUT2D eigenvalue weighted by atomic mass is 10.2. The van der Waals surface area contributed by atoms with Crippen LogP contribution in [0.3, 0.4) is 0 Å². The van der Waals surface area contributed by atoms with Gasteiger partial charge in [-0.2, -0.15) is 13.5 Å². The van der Waals surface area contributed by atoms with E-state index >= 15 is 0 Å². The summed E-state index contributed by atoms with van der Waals surface area (Å²) in [6.07, 6.45) is 1.42. The minimum atomic E-state index is -3.99. The first kappa shape index (κ1) is 18.0. The van der Waals surface area contributed by atoms with Crippen molar-refractivity contribution in [3.05, 3.63) is 77.6 Å². The summed E-state index contributed by atoms with van der Waals surface area (Å²) in [5.41, 5.74) is 2.70. The van der Waals surface area contributed by atoms with Crippen molar-refractivity contribution in [2.24, 2.45) is 0 Å². The molecule has 134 valence electrons. The standard InChI is InChI=1S/C19H18N2O4S/c1-14-8-10-17(11-9-14)26(23,24)25-13-19(22)18-12-20-21(15(18)2)16-6-4-3-5-7-16/h3-12H,13H2,1-2H3. The Morgan fingerprint density at radius 1 is 1.04 bits per heavy atom. The van der Waals surface area contributed by atoms with Crippen molar-refractivity contribution in [3.63, 3.8) is 0 Å². The maximum absolute atomic E-state index is 12.4. The number of rotatable bonds is 6. The van der Waals surface area contributed by atoms with E-state index in [1.807, 2.05) is 37.3 Å². The van der Waals surface area contributed by atoms with E-state index in [2.05, 4.69) is 5.10 Å². The van der Waals surface area contributed by atoms with Crippen LogP contribution < -0.4 is 0 Å². The second-order valence-electron chi connectivity index (χ2n) is 5.84. The molecule has 0 radical (unpaired) electrons. The summed E-state index contributed by atoms with van der Waals surface area (Å²) in [4.78, 5) is 12.4. The lowest BCUT2D eigenvalue weighted by molar-refractivity contribution is 0.0924. The molecular weight excluding hydrogens is 352 g/mol. The third kappa shape index (κ3) is 3.74. The van der Waals surface area contributed by atoms with Gasteiger partial charge in [-0.15, -0.1) is 0 Å². The molecule has 1 heterocycles. The molecule has 0 unspecified atom stereocenters. The summed E-state index contributed by atoms with van der Waals surface area (Å²) in [6.45, 7) is 3.03. The maximum atomic E-state index is 12.4. The molecule has 0 aliphatic heterocycles. The predicted molar refractivity (Wildman–Crippen MR) is 96.9 cm³/mol. The van der Waals surface area contributed by atoms with Gasteiger partial charge in [0.05, 0.1) is 28.0 Å². The summed E-state index contributed by atoms with van der Waals surface area (Å²) >= 11 is 0. The maximum Gasteiger partial charge on any atom is 0.297 e. The van der Waals surface area contributed by atoms with Crippen LogP contribution in [0.25, 0.3) is 5.69 Å². The predicted octanol–water partition coefficient (Wildman–Crippen LogP) is 3.08. The zero-order valence-electron chi connectivity index (χ0n) is 14.4. The van der Waals surface area contributed by atoms with Crippen molar-refractivity contribution in [2.45, 2.75) is 18.7 Å². The highest BCUT2D eigenvalue weighted by molar-refractivity contribution is 7.86. The number of benzene rings is 2. The van der Waals surface area contributed by atoms with Crippen molar-refractivity contribution in [1.82, 2.24) is 9.78 Å². The highest BCUT2D eigenvalue weighted by Gasteiger charge is 2.20. The van der Waals surface area contributed by atoms with Gasteiger partial charge in [-0.1, -0.05) is 35.9 Å². The quantitative estimate of drug-likeness (QED) is 0.492. The molecule has 0 aliphatic rings. The molecular formula is C19H18N2O4S. The number of carbonyl (C=O) groups excluding carboxylic acids is 1. The van der Waals surface area contributed by atoms with Crippen LogP contribution in [0.2, 0.25) is 0 Å². The molecule has 0 aliphatic carbocycles. The van der Waals surface area contributed by atoms with Gasteiger partial charge in [0.2, 0.25) is 0 Å². The summed E-state index contributed by atoms with van der Waals surface area (Å²) in [5, 5.41) is 4.21. The summed E-state index contributed by atoms with van der Waals surface area (Å²) < 4.78 is 30.9. The van der Waals surface area contributed by atoms with Gasteiger partial charge in [0.15, 0.2) is 5.78 Å². The van der Waals surface area contributed by atoms with Gasteiger partial charge >= 0.3 is 0 Å². The SMILES string of the molecule is Cc1ccc(S(=O)(=O)OCC(=O)c2cnn(-c3ccccc3)c2C)cc1. The lowest BCUT2D eigenvalue weighted by Gasteiger charge is -2.06. The van der Waals surface area contributed by atoms with Gasteiger partial charge in [0.1, 0.15) is 6.61 Å². The van der Waals surface area contributed by atoms with Crippen LogP contribution in [0.5, 0.6) is 0 Å². The van der Waals surface area contributed by atoms with Gasteiger partial charge in [-0.05, 0) is 38.1 Å². The second-order valence-corrected chi connectivity index (χ2v) is 7.46. The average molecular weight is 370 g/mol. The first-order chi connectivity index (χ1) is 12.4. The zero-order chi connectivity index (χ0) is 18.7. The van der Waals surface area contributed by atoms with E-state index in [1.165, 1.54) is 18.3 Å². The van der Waals surface area contributed by atoms with Crippen LogP contribution in [-0.4, -0.2) is 30.6 Å². The highest BCUT2D eigenvalue weighted by Crippen LogP contribution is 2.17. The number of nitrogens with zero attached hydrogens (tertiary/aromatic N) is 2. The lowest BCUT2D eigenvalue weighted by Crippen LogP contribution is -2.15. The van der Waals surface area contributed by atoms with Crippen molar-refractivity contribution in [2.75, 3.05) is 6.61 Å². The third-order valence-corrected chi connectivity index (χ3v) is 5.24. The molecule has 1 aromatic heterocycles. The Bertz CT molecular complexity index is 1020. The summed E-state index contributed by atoms with van der Waals surface area (Å²) in [6, 6.07) is 15.6.